The molecule has 3 rings (SSSR count). The number of aliphatic imine (C=N–C) groups is 1. The number of ether oxygens (including phenoxy) is 1. The number of rotatable bonds is 4. The number of guanidine groups is 1. The van der Waals surface area contributed by atoms with E-state index < -0.39 is 0 Å². The summed E-state index contributed by atoms with van der Waals surface area (Å²) < 4.78 is 18.7. The zero-order chi connectivity index (χ0) is 17.7. The van der Waals surface area contributed by atoms with Gasteiger partial charge in [0.15, 0.2) is 5.96 Å². The molecule has 1 aromatic rings. The molecule has 0 aliphatic carbocycles. The first-order valence-corrected chi connectivity index (χ1v) is 8.77. The molecule has 1 unspecified atom stereocenters. The number of likely N-dealkylation sites (tertiary alicyclic amines) is 1. The number of nitrogens with zero attached hydrogens (tertiary/aromatic N) is 2. The second kappa shape index (κ2) is 7.82. The third kappa shape index (κ3) is 4.48. The maximum absolute atomic E-state index is 13.2. The van der Waals surface area contributed by atoms with Crippen molar-refractivity contribution >= 4 is 17.6 Å². The topological polar surface area (TPSA) is 66.0 Å². The van der Waals surface area contributed by atoms with E-state index in [1.165, 1.54) is 12.1 Å². The SMILES string of the molecule is CCNC(=NCC(=O)Nc1cccc(F)c1)N1CCC2(CCOC2)C1. The maximum Gasteiger partial charge on any atom is 0.246 e. The molecule has 2 heterocycles. The highest BCUT2D eigenvalue weighted by molar-refractivity contribution is 5.94. The minimum Gasteiger partial charge on any atom is -0.381 e. The van der Waals surface area contributed by atoms with Crippen molar-refractivity contribution in [3.8, 4) is 0 Å². The van der Waals surface area contributed by atoms with Crippen molar-refractivity contribution in [2.45, 2.75) is 19.8 Å². The minimum absolute atomic E-state index is 0.00114. The van der Waals surface area contributed by atoms with Gasteiger partial charge >= 0.3 is 0 Å². The Morgan fingerprint density at radius 1 is 1.44 bits per heavy atom. The zero-order valence-corrected chi connectivity index (χ0v) is 14.6. The van der Waals surface area contributed by atoms with Gasteiger partial charge in [-0.15, -0.1) is 0 Å². The van der Waals surface area contributed by atoms with Gasteiger partial charge in [-0.25, -0.2) is 9.38 Å². The largest absolute Gasteiger partial charge is 0.381 e. The Morgan fingerprint density at radius 3 is 3.04 bits per heavy atom. The van der Waals surface area contributed by atoms with Crippen molar-refractivity contribution in [2.75, 3.05) is 44.7 Å². The van der Waals surface area contributed by atoms with Gasteiger partial charge in [0, 0.05) is 37.3 Å². The van der Waals surface area contributed by atoms with Crippen molar-refractivity contribution in [1.82, 2.24) is 10.2 Å². The Bertz CT molecular complexity index is 644. The van der Waals surface area contributed by atoms with Gasteiger partial charge in [0.25, 0.3) is 0 Å². The lowest BCUT2D eigenvalue weighted by Gasteiger charge is -2.24. The van der Waals surface area contributed by atoms with Crippen LogP contribution < -0.4 is 10.6 Å². The first kappa shape index (κ1) is 17.7. The molecular weight excluding hydrogens is 323 g/mol. The monoisotopic (exact) mass is 348 g/mol. The van der Waals surface area contributed by atoms with Gasteiger partial charge in [-0.05, 0) is 38.0 Å². The van der Waals surface area contributed by atoms with E-state index in [4.69, 9.17) is 4.74 Å². The number of carbonyl (C=O) groups is 1. The number of carbonyl (C=O) groups excluding carboxylic acids is 1. The van der Waals surface area contributed by atoms with Crippen LogP contribution in [0.25, 0.3) is 0 Å². The molecule has 0 radical (unpaired) electrons. The molecule has 0 saturated carbocycles. The van der Waals surface area contributed by atoms with Crippen LogP contribution in [0.1, 0.15) is 19.8 Å². The van der Waals surface area contributed by atoms with E-state index in [1.807, 2.05) is 6.92 Å². The molecule has 136 valence electrons. The Balaban J connectivity index is 1.59. The Labute approximate surface area is 147 Å². The molecule has 2 saturated heterocycles. The lowest BCUT2D eigenvalue weighted by molar-refractivity contribution is -0.114. The van der Waals surface area contributed by atoms with Crippen molar-refractivity contribution < 1.29 is 13.9 Å². The Hall–Kier alpha value is -2.15. The van der Waals surface area contributed by atoms with Gasteiger partial charge in [-0.2, -0.15) is 0 Å². The first-order chi connectivity index (χ1) is 12.1. The van der Waals surface area contributed by atoms with E-state index in [0.717, 1.165) is 51.6 Å². The summed E-state index contributed by atoms with van der Waals surface area (Å²) in [5.74, 6) is 0.107. The second-order valence-corrected chi connectivity index (χ2v) is 6.70. The Morgan fingerprint density at radius 2 is 2.32 bits per heavy atom. The smallest absolute Gasteiger partial charge is 0.246 e. The predicted octanol–water partition coefficient (Wildman–Crippen LogP) is 1.84. The molecule has 1 amide bonds. The fourth-order valence-corrected chi connectivity index (χ4v) is 3.43. The van der Waals surface area contributed by atoms with E-state index in [9.17, 15) is 9.18 Å². The number of anilines is 1. The van der Waals surface area contributed by atoms with Crippen LogP contribution in [-0.2, 0) is 9.53 Å². The fourth-order valence-electron chi connectivity index (χ4n) is 3.43. The number of hydrogen-bond acceptors (Lipinski definition) is 3. The van der Waals surface area contributed by atoms with Crippen LogP contribution in [0.2, 0.25) is 0 Å². The third-order valence-electron chi connectivity index (χ3n) is 4.74. The van der Waals surface area contributed by atoms with Gasteiger partial charge in [0.2, 0.25) is 5.91 Å². The molecule has 6 nitrogen and oxygen atoms in total. The quantitative estimate of drug-likeness (QED) is 0.644. The first-order valence-electron chi connectivity index (χ1n) is 8.77. The average Bonchev–Trinajstić information content (AvgIpc) is 3.22. The number of nitrogens with one attached hydrogen (secondary N) is 2. The number of hydrogen-bond donors (Lipinski definition) is 2. The van der Waals surface area contributed by atoms with Gasteiger partial charge in [0.1, 0.15) is 12.4 Å². The molecule has 25 heavy (non-hydrogen) atoms. The maximum atomic E-state index is 13.2. The van der Waals surface area contributed by atoms with Crippen LogP contribution in [-0.4, -0.2) is 56.2 Å². The molecule has 2 aliphatic heterocycles. The van der Waals surface area contributed by atoms with Crippen molar-refractivity contribution in [3.63, 3.8) is 0 Å². The van der Waals surface area contributed by atoms with E-state index in [2.05, 4.69) is 20.5 Å². The van der Waals surface area contributed by atoms with E-state index >= 15 is 0 Å². The number of amides is 1. The molecule has 0 bridgehead atoms. The van der Waals surface area contributed by atoms with Gasteiger partial charge in [0.05, 0.1) is 6.61 Å². The van der Waals surface area contributed by atoms with Crippen molar-refractivity contribution in [1.29, 1.82) is 0 Å². The third-order valence-corrected chi connectivity index (χ3v) is 4.74. The molecule has 1 atom stereocenters. The van der Waals surface area contributed by atoms with Crippen LogP contribution in [0.4, 0.5) is 10.1 Å². The van der Waals surface area contributed by atoms with Crippen LogP contribution in [0, 0.1) is 11.2 Å². The highest BCUT2D eigenvalue weighted by Crippen LogP contribution is 2.38. The molecule has 1 aromatic carbocycles. The number of halogens is 1. The Kier molecular flexibility index (Phi) is 5.53. The highest BCUT2D eigenvalue weighted by Gasteiger charge is 2.42. The summed E-state index contributed by atoms with van der Waals surface area (Å²) in [6, 6.07) is 5.84. The van der Waals surface area contributed by atoms with Gasteiger partial charge in [-0.3, -0.25) is 4.79 Å². The summed E-state index contributed by atoms with van der Waals surface area (Å²) in [6.45, 7) is 6.21. The summed E-state index contributed by atoms with van der Waals surface area (Å²) in [5, 5.41) is 5.92. The van der Waals surface area contributed by atoms with Crippen molar-refractivity contribution in [3.05, 3.63) is 30.1 Å². The van der Waals surface area contributed by atoms with E-state index in [1.54, 1.807) is 12.1 Å². The highest BCUT2D eigenvalue weighted by atomic mass is 19.1. The normalized spacial score (nSPS) is 23.3. The fraction of sp³-hybridized carbons (Fsp3) is 0.556. The summed E-state index contributed by atoms with van der Waals surface area (Å²) in [6.07, 6.45) is 2.18. The number of benzene rings is 1. The summed E-state index contributed by atoms with van der Waals surface area (Å²) in [7, 11) is 0. The van der Waals surface area contributed by atoms with E-state index in [0.29, 0.717) is 5.69 Å². The van der Waals surface area contributed by atoms with E-state index in [-0.39, 0.29) is 23.7 Å². The summed E-state index contributed by atoms with van der Waals surface area (Å²) >= 11 is 0. The lowest BCUT2D eigenvalue weighted by atomic mass is 9.87. The molecule has 2 aliphatic rings. The van der Waals surface area contributed by atoms with Crippen LogP contribution in [0.3, 0.4) is 0 Å². The van der Waals surface area contributed by atoms with Crippen LogP contribution in [0.5, 0.6) is 0 Å². The summed E-state index contributed by atoms with van der Waals surface area (Å²) in [4.78, 5) is 18.7. The van der Waals surface area contributed by atoms with Gasteiger partial charge in [-0.1, -0.05) is 6.07 Å². The molecule has 7 heteroatoms. The lowest BCUT2D eigenvalue weighted by Crippen LogP contribution is -2.42. The van der Waals surface area contributed by atoms with Crippen LogP contribution >= 0.6 is 0 Å². The zero-order valence-electron chi connectivity index (χ0n) is 14.6. The second-order valence-electron chi connectivity index (χ2n) is 6.70. The van der Waals surface area contributed by atoms with Gasteiger partial charge < -0.3 is 20.3 Å². The average molecular weight is 348 g/mol. The van der Waals surface area contributed by atoms with Crippen molar-refractivity contribution in [2.24, 2.45) is 10.4 Å². The molecule has 2 fully saturated rings. The molecule has 0 aromatic heterocycles. The minimum atomic E-state index is -0.379. The summed E-state index contributed by atoms with van der Waals surface area (Å²) in [5.41, 5.74) is 0.674. The molecule has 2 N–H and O–H groups in total. The van der Waals surface area contributed by atoms with Crippen LogP contribution in [0.15, 0.2) is 29.3 Å². The predicted molar refractivity (Wildman–Crippen MR) is 95.1 cm³/mol. The molecule has 1 spiro atoms. The molecular formula is C18H25FN4O2. The standard InChI is InChI=1S/C18H25FN4O2/c1-2-20-17(23-8-6-18(12-23)7-9-25-13-18)21-11-16(24)22-15-5-3-4-14(19)10-15/h3-5,10H,2,6-9,11-13H2,1H3,(H,20,21)(H,22,24).